The van der Waals surface area contributed by atoms with Crippen LogP contribution in [0.4, 0.5) is 14.5 Å². The zero-order valence-electron chi connectivity index (χ0n) is 12.7. The lowest BCUT2D eigenvalue weighted by molar-refractivity contribution is 0.0718. The number of carbonyl (C=O) groups excluding carboxylic acids is 1. The zero-order valence-corrected chi connectivity index (χ0v) is 13.5. The number of hydrogen-bond donors (Lipinski definition) is 1. The maximum Gasteiger partial charge on any atom is 0.284 e. The van der Waals surface area contributed by atoms with Crippen molar-refractivity contribution in [2.24, 2.45) is 0 Å². The predicted octanol–water partition coefficient (Wildman–Crippen LogP) is 4.24. The first-order valence-electron chi connectivity index (χ1n) is 7.08. The molecule has 3 rings (SSSR count). The maximum absolute atomic E-state index is 12.5. The molecule has 0 spiro atoms. The molecule has 122 valence electrons. The molecule has 0 bridgehead atoms. The average Bonchev–Trinajstić information content (AvgIpc) is 2.98. The number of nitrogens with zero attached hydrogens (tertiary/aromatic N) is 1. The van der Waals surface area contributed by atoms with Gasteiger partial charge < -0.3 is 14.6 Å². The van der Waals surface area contributed by atoms with Crippen LogP contribution < -0.4 is 5.32 Å². The second-order valence-electron chi connectivity index (χ2n) is 5.39. The lowest BCUT2D eigenvalue weighted by Gasteiger charge is -2.34. The molecule has 0 aliphatic carbocycles. The minimum absolute atomic E-state index is 0.0951. The number of rotatable bonds is 4. The summed E-state index contributed by atoms with van der Waals surface area (Å²) in [5.41, 5.74) is 2.36. The van der Waals surface area contributed by atoms with E-state index in [1.54, 1.807) is 24.1 Å². The summed E-state index contributed by atoms with van der Waals surface area (Å²) in [5, 5.41) is 3.26. The van der Waals surface area contributed by atoms with Crippen LogP contribution in [0.2, 0.25) is 0 Å². The highest BCUT2D eigenvalue weighted by molar-refractivity contribution is 7.98. The molecule has 1 aliphatic rings. The number of hydrogen-bond acceptors (Lipinski definition) is 4. The standard InChI is InChI=1S/C16H16F2N2O2S/c1-9-3-5-12-11(7-9)15(21)20(2)14(19-12)13-6-4-10(22-13)8-23-16(17)18/h3-7,14,16,19H,8H2,1-2H3. The number of alkyl halides is 2. The molecule has 23 heavy (non-hydrogen) atoms. The molecule has 1 atom stereocenters. The fourth-order valence-electron chi connectivity index (χ4n) is 2.54. The van der Waals surface area contributed by atoms with Crippen molar-refractivity contribution >= 4 is 23.4 Å². The van der Waals surface area contributed by atoms with E-state index in [1.165, 1.54) is 0 Å². The van der Waals surface area contributed by atoms with Gasteiger partial charge in [-0.15, -0.1) is 0 Å². The molecule has 2 aromatic rings. The van der Waals surface area contributed by atoms with E-state index >= 15 is 0 Å². The van der Waals surface area contributed by atoms with Crippen LogP contribution in [0.5, 0.6) is 0 Å². The quantitative estimate of drug-likeness (QED) is 0.906. The molecular weight excluding hydrogens is 322 g/mol. The number of benzene rings is 1. The molecule has 7 heteroatoms. The summed E-state index contributed by atoms with van der Waals surface area (Å²) in [5.74, 6) is -1.46. The van der Waals surface area contributed by atoms with E-state index in [-0.39, 0.29) is 11.7 Å². The van der Waals surface area contributed by atoms with Crippen molar-refractivity contribution in [1.82, 2.24) is 4.90 Å². The Morgan fingerprint density at radius 1 is 1.35 bits per heavy atom. The van der Waals surface area contributed by atoms with E-state index < -0.39 is 11.9 Å². The van der Waals surface area contributed by atoms with Gasteiger partial charge in [-0.1, -0.05) is 23.4 Å². The summed E-state index contributed by atoms with van der Waals surface area (Å²) < 4.78 is 30.1. The highest BCUT2D eigenvalue weighted by Gasteiger charge is 2.32. The van der Waals surface area contributed by atoms with Crippen molar-refractivity contribution in [3.8, 4) is 0 Å². The Morgan fingerprint density at radius 3 is 2.87 bits per heavy atom. The van der Waals surface area contributed by atoms with Gasteiger partial charge in [-0.05, 0) is 31.2 Å². The molecule has 0 saturated carbocycles. The Hall–Kier alpha value is -2.02. The van der Waals surface area contributed by atoms with Crippen LogP contribution in [-0.2, 0) is 5.75 Å². The van der Waals surface area contributed by atoms with Crippen molar-refractivity contribution in [2.45, 2.75) is 24.6 Å². The van der Waals surface area contributed by atoms with E-state index in [0.717, 1.165) is 11.3 Å². The van der Waals surface area contributed by atoms with Gasteiger partial charge in [-0.2, -0.15) is 8.78 Å². The minimum Gasteiger partial charge on any atom is -0.461 e. The third-order valence-electron chi connectivity index (χ3n) is 3.71. The van der Waals surface area contributed by atoms with Crippen molar-refractivity contribution in [2.75, 3.05) is 12.4 Å². The molecule has 4 nitrogen and oxygen atoms in total. The normalized spacial score (nSPS) is 17.3. The van der Waals surface area contributed by atoms with Crippen LogP contribution in [0.3, 0.4) is 0 Å². The first kappa shape index (κ1) is 15.9. The van der Waals surface area contributed by atoms with E-state index in [2.05, 4.69) is 5.32 Å². The zero-order chi connectivity index (χ0) is 16.6. The Bertz CT molecular complexity index is 733. The molecule has 1 amide bonds. The monoisotopic (exact) mass is 338 g/mol. The summed E-state index contributed by atoms with van der Waals surface area (Å²) in [7, 11) is 1.68. The fourth-order valence-corrected chi connectivity index (χ4v) is 2.98. The number of halogens is 2. The third-order valence-corrected chi connectivity index (χ3v) is 4.41. The molecule has 0 saturated heterocycles. The summed E-state index contributed by atoms with van der Waals surface area (Å²) >= 11 is 0.508. The minimum atomic E-state index is -2.43. The first-order valence-corrected chi connectivity index (χ1v) is 8.13. The summed E-state index contributed by atoms with van der Waals surface area (Å²) in [4.78, 5) is 14.1. The third kappa shape index (κ3) is 3.19. The largest absolute Gasteiger partial charge is 0.461 e. The summed E-state index contributed by atoms with van der Waals surface area (Å²) in [6.07, 6.45) is -0.456. The first-order chi connectivity index (χ1) is 11.0. The van der Waals surface area contributed by atoms with Crippen molar-refractivity contribution in [1.29, 1.82) is 0 Å². The molecule has 1 aromatic heterocycles. The lowest BCUT2D eigenvalue weighted by Crippen LogP contribution is -2.40. The fraction of sp³-hybridized carbons (Fsp3) is 0.312. The summed E-state index contributed by atoms with van der Waals surface area (Å²) in [6.45, 7) is 1.93. The van der Waals surface area contributed by atoms with Gasteiger partial charge in [0.15, 0.2) is 6.17 Å². The van der Waals surface area contributed by atoms with Gasteiger partial charge in [0.2, 0.25) is 0 Å². The van der Waals surface area contributed by atoms with Gasteiger partial charge in [0.25, 0.3) is 11.7 Å². The lowest BCUT2D eigenvalue weighted by atomic mass is 10.0. The molecule has 1 N–H and O–H groups in total. The number of fused-ring (bicyclic) bond motifs is 1. The number of carbonyl (C=O) groups is 1. The SMILES string of the molecule is Cc1ccc2c(c1)C(=O)N(C)C(c1ccc(CSC(F)F)o1)N2. The van der Waals surface area contributed by atoms with Crippen LogP contribution in [0.15, 0.2) is 34.7 Å². The Morgan fingerprint density at radius 2 is 2.13 bits per heavy atom. The number of thioether (sulfide) groups is 1. The summed E-state index contributed by atoms with van der Waals surface area (Å²) in [6, 6.07) is 9.00. The van der Waals surface area contributed by atoms with Gasteiger partial charge in [0, 0.05) is 12.7 Å². The molecule has 1 aromatic carbocycles. The molecule has 1 aliphatic heterocycles. The predicted molar refractivity (Wildman–Crippen MR) is 85.6 cm³/mol. The smallest absolute Gasteiger partial charge is 0.284 e. The second kappa shape index (κ2) is 6.23. The number of amides is 1. The van der Waals surface area contributed by atoms with Crippen molar-refractivity contribution in [3.05, 3.63) is 53.0 Å². The highest BCUT2D eigenvalue weighted by atomic mass is 32.2. The van der Waals surface area contributed by atoms with Gasteiger partial charge >= 0.3 is 0 Å². The highest BCUT2D eigenvalue weighted by Crippen LogP contribution is 2.33. The molecule has 0 fully saturated rings. The van der Waals surface area contributed by atoms with Crippen LogP contribution in [0.1, 0.15) is 33.6 Å². The van der Waals surface area contributed by atoms with Crippen molar-refractivity contribution < 1.29 is 18.0 Å². The average molecular weight is 338 g/mol. The maximum atomic E-state index is 12.5. The van der Waals surface area contributed by atoms with Gasteiger partial charge in [0.1, 0.15) is 11.5 Å². The van der Waals surface area contributed by atoms with E-state index in [1.807, 2.05) is 25.1 Å². The number of anilines is 1. The van der Waals surface area contributed by atoms with E-state index in [4.69, 9.17) is 4.42 Å². The molecule has 1 unspecified atom stereocenters. The van der Waals surface area contributed by atoms with Gasteiger partial charge in [-0.25, -0.2) is 0 Å². The molecular formula is C16H16F2N2O2S. The van der Waals surface area contributed by atoms with E-state index in [0.29, 0.717) is 28.8 Å². The van der Waals surface area contributed by atoms with Crippen LogP contribution in [0, 0.1) is 6.92 Å². The Balaban J connectivity index is 1.84. The van der Waals surface area contributed by atoms with Crippen LogP contribution in [-0.4, -0.2) is 23.6 Å². The Kier molecular flexibility index (Phi) is 4.30. The topological polar surface area (TPSA) is 45.5 Å². The molecule has 0 radical (unpaired) electrons. The van der Waals surface area contributed by atoms with Crippen LogP contribution in [0.25, 0.3) is 0 Å². The number of furan rings is 1. The number of aryl methyl sites for hydroxylation is 1. The van der Waals surface area contributed by atoms with Crippen LogP contribution >= 0.6 is 11.8 Å². The number of nitrogens with one attached hydrogen (secondary N) is 1. The van der Waals surface area contributed by atoms with E-state index in [9.17, 15) is 13.6 Å². The second-order valence-corrected chi connectivity index (χ2v) is 6.37. The Labute approximate surface area is 136 Å². The van der Waals surface area contributed by atoms with Gasteiger partial charge in [0.05, 0.1) is 11.3 Å². The van der Waals surface area contributed by atoms with Crippen molar-refractivity contribution in [3.63, 3.8) is 0 Å². The van der Waals surface area contributed by atoms with Gasteiger partial charge in [-0.3, -0.25) is 4.79 Å². The molecule has 2 heterocycles.